The second kappa shape index (κ2) is 3.94. The lowest BCUT2D eigenvalue weighted by Gasteiger charge is -2.16. The topological polar surface area (TPSA) is 28.2 Å². The van der Waals surface area contributed by atoms with E-state index in [-0.39, 0.29) is 0 Å². The van der Waals surface area contributed by atoms with E-state index in [9.17, 15) is 0 Å². The Morgan fingerprint density at radius 2 is 2.21 bits per heavy atom. The maximum absolute atomic E-state index is 4.42. The van der Waals surface area contributed by atoms with Crippen LogP contribution in [0.15, 0.2) is 24.3 Å². The zero-order chi connectivity index (χ0) is 9.97. The summed E-state index contributed by atoms with van der Waals surface area (Å²) in [5.74, 6) is 1.01. The molecule has 0 saturated heterocycles. The number of hydrazine groups is 1. The summed E-state index contributed by atoms with van der Waals surface area (Å²) in [7, 11) is 1.99. The summed E-state index contributed by atoms with van der Waals surface area (Å²) in [5.41, 5.74) is 3.22. The van der Waals surface area contributed by atoms with Crippen LogP contribution in [0.2, 0.25) is 0 Å². The predicted octanol–water partition coefficient (Wildman–Crippen LogP) is 2.26. The molecule has 0 aliphatic heterocycles. The van der Waals surface area contributed by atoms with Crippen LogP contribution in [0.1, 0.15) is 6.92 Å². The summed E-state index contributed by atoms with van der Waals surface area (Å²) in [5, 5.41) is 3.18. The van der Waals surface area contributed by atoms with Gasteiger partial charge < -0.3 is 0 Å². The third-order valence-corrected chi connectivity index (χ3v) is 2.89. The van der Waals surface area contributed by atoms with Crippen molar-refractivity contribution in [3.8, 4) is 0 Å². The van der Waals surface area contributed by atoms with E-state index in [0.717, 1.165) is 12.4 Å². The molecule has 74 valence electrons. The van der Waals surface area contributed by atoms with E-state index < -0.39 is 0 Å². The van der Waals surface area contributed by atoms with Gasteiger partial charge >= 0.3 is 0 Å². The highest BCUT2D eigenvalue weighted by Crippen LogP contribution is 2.27. The monoisotopic (exact) mass is 207 g/mol. The molecule has 4 heteroatoms. The van der Waals surface area contributed by atoms with E-state index in [0.29, 0.717) is 0 Å². The average molecular weight is 207 g/mol. The van der Waals surface area contributed by atoms with Gasteiger partial charge in [-0.3, -0.25) is 5.01 Å². The lowest BCUT2D eigenvalue weighted by Crippen LogP contribution is -2.34. The molecule has 3 nitrogen and oxygen atoms in total. The Labute approximate surface area is 87.5 Å². The smallest absolute Gasteiger partial charge is 0.164 e. The Balaban J connectivity index is 2.42. The molecule has 0 aliphatic rings. The van der Waals surface area contributed by atoms with Crippen molar-refractivity contribution >= 4 is 27.4 Å². The standard InChI is InChI=1S/C10H13N3S/c1-3-11-13(2)10-8-6-4-5-7-9(8)14-12-10/h4-7,11H,3H2,1-2H3. The highest BCUT2D eigenvalue weighted by molar-refractivity contribution is 7.13. The maximum atomic E-state index is 4.42. The Morgan fingerprint density at radius 3 is 3.00 bits per heavy atom. The van der Waals surface area contributed by atoms with Crippen molar-refractivity contribution in [2.24, 2.45) is 0 Å². The molecule has 0 saturated carbocycles. The van der Waals surface area contributed by atoms with Gasteiger partial charge in [-0.05, 0) is 23.7 Å². The number of hydrogen-bond donors (Lipinski definition) is 1. The number of aromatic nitrogens is 1. The van der Waals surface area contributed by atoms with Crippen LogP contribution >= 0.6 is 11.5 Å². The van der Waals surface area contributed by atoms with Crippen molar-refractivity contribution in [1.29, 1.82) is 0 Å². The number of nitrogens with zero attached hydrogens (tertiary/aromatic N) is 2. The van der Waals surface area contributed by atoms with Crippen LogP contribution in [0.25, 0.3) is 10.1 Å². The van der Waals surface area contributed by atoms with E-state index in [4.69, 9.17) is 0 Å². The Bertz CT molecular complexity index is 424. The summed E-state index contributed by atoms with van der Waals surface area (Å²) in [6.07, 6.45) is 0. The fourth-order valence-corrected chi connectivity index (χ4v) is 2.23. The third kappa shape index (κ3) is 1.58. The van der Waals surface area contributed by atoms with E-state index in [1.807, 2.05) is 24.2 Å². The van der Waals surface area contributed by atoms with Gasteiger partial charge in [-0.15, -0.1) is 0 Å². The van der Waals surface area contributed by atoms with Crippen molar-refractivity contribution in [3.63, 3.8) is 0 Å². The first-order chi connectivity index (χ1) is 6.83. The normalized spacial score (nSPS) is 10.7. The quantitative estimate of drug-likeness (QED) is 0.782. The molecule has 1 heterocycles. The Hall–Kier alpha value is -1.13. The lowest BCUT2D eigenvalue weighted by atomic mass is 10.2. The predicted molar refractivity (Wildman–Crippen MR) is 61.7 cm³/mol. The SMILES string of the molecule is CCNN(C)c1nsc2ccccc12. The van der Waals surface area contributed by atoms with Crippen LogP contribution < -0.4 is 10.4 Å². The summed E-state index contributed by atoms with van der Waals surface area (Å²) >= 11 is 1.54. The van der Waals surface area contributed by atoms with Crippen LogP contribution in [-0.2, 0) is 0 Å². The Morgan fingerprint density at radius 1 is 1.43 bits per heavy atom. The van der Waals surface area contributed by atoms with Gasteiger partial charge in [0.05, 0.1) is 4.70 Å². The number of benzene rings is 1. The van der Waals surface area contributed by atoms with Gasteiger partial charge in [-0.2, -0.15) is 4.37 Å². The van der Waals surface area contributed by atoms with Gasteiger partial charge in [-0.1, -0.05) is 19.1 Å². The summed E-state index contributed by atoms with van der Waals surface area (Å²) < 4.78 is 5.65. The average Bonchev–Trinajstić information content (AvgIpc) is 2.61. The highest BCUT2D eigenvalue weighted by atomic mass is 32.1. The molecule has 14 heavy (non-hydrogen) atoms. The second-order valence-electron chi connectivity index (χ2n) is 3.07. The van der Waals surface area contributed by atoms with E-state index in [1.165, 1.54) is 21.6 Å². The molecule has 0 bridgehead atoms. The number of nitrogens with one attached hydrogen (secondary N) is 1. The van der Waals surface area contributed by atoms with Gasteiger partial charge in [0.25, 0.3) is 0 Å². The Kier molecular flexibility index (Phi) is 2.65. The van der Waals surface area contributed by atoms with Crippen molar-refractivity contribution in [3.05, 3.63) is 24.3 Å². The fourth-order valence-electron chi connectivity index (χ4n) is 1.43. The van der Waals surface area contributed by atoms with Crippen molar-refractivity contribution in [2.45, 2.75) is 6.92 Å². The van der Waals surface area contributed by atoms with Crippen molar-refractivity contribution in [1.82, 2.24) is 9.80 Å². The van der Waals surface area contributed by atoms with Crippen LogP contribution in [0, 0.1) is 0 Å². The zero-order valence-electron chi connectivity index (χ0n) is 8.32. The number of rotatable bonds is 3. The first-order valence-corrected chi connectivity index (χ1v) is 5.42. The summed E-state index contributed by atoms with van der Waals surface area (Å²) in [4.78, 5) is 0. The number of hydrogen-bond acceptors (Lipinski definition) is 4. The third-order valence-electron chi connectivity index (χ3n) is 2.07. The molecule has 0 radical (unpaired) electrons. The number of fused-ring (bicyclic) bond motifs is 1. The molecule has 0 fully saturated rings. The molecule has 0 amide bonds. The second-order valence-corrected chi connectivity index (χ2v) is 3.88. The summed E-state index contributed by atoms with van der Waals surface area (Å²) in [6.45, 7) is 2.98. The minimum Gasteiger partial charge on any atom is -0.294 e. The first kappa shape index (κ1) is 9.43. The molecule has 1 N–H and O–H groups in total. The van der Waals surface area contributed by atoms with E-state index in [1.54, 1.807) is 0 Å². The van der Waals surface area contributed by atoms with Gasteiger partial charge in [-0.25, -0.2) is 5.43 Å². The van der Waals surface area contributed by atoms with Crippen LogP contribution in [0.4, 0.5) is 5.82 Å². The van der Waals surface area contributed by atoms with Crippen LogP contribution in [0.3, 0.4) is 0 Å². The van der Waals surface area contributed by atoms with Gasteiger partial charge in [0.2, 0.25) is 0 Å². The zero-order valence-corrected chi connectivity index (χ0v) is 9.14. The number of anilines is 1. The fraction of sp³-hybridized carbons (Fsp3) is 0.300. The molecule has 2 aromatic rings. The minimum absolute atomic E-state index is 0.905. The van der Waals surface area contributed by atoms with Crippen molar-refractivity contribution < 1.29 is 0 Å². The molecular weight excluding hydrogens is 194 g/mol. The molecule has 0 atom stereocenters. The highest BCUT2D eigenvalue weighted by Gasteiger charge is 2.08. The molecule has 0 unspecified atom stereocenters. The first-order valence-electron chi connectivity index (χ1n) is 4.64. The molecular formula is C10H13N3S. The van der Waals surface area contributed by atoms with E-state index >= 15 is 0 Å². The molecule has 2 rings (SSSR count). The van der Waals surface area contributed by atoms with Gasteiger partial charge in [0.15, 0.2) is 5.82 Å². The molecule has 1 aromatic carbocycles. The maximum Gasteiger partial charge on any atom is 0.164 e. The largest absolute Gasteiger partial charge is 0.294 e. The van der Waals surface area contributed by atoms with E-state index in [2.05, 4.69) is 28.9 Å². The minimum atomic E-state index is 0.905. The summed E-state index contributed by atoms with van der Waals surface area (Å²) in [6, 6.07) is 8.27. The van der Waals surface area contributed by atoms with Gasteiger partial charge in [0.1, 0.15) is 0 Å². The molecule has 0 spiro atoms. The lowest BCUT2D eigenvalue weighted by molar-refractivity contribution is 0.706. The molecule has 1 aromatic heterocycles. The van der Waals surface area contributed by atoms with Crippen LogP contribution in [0.5, 0.6) is 0 Å². The van der Waals surface area contributed by atoms with Gasteiger partial charge in [0, 0.05) is 19.0 Å². The van der Waals surface area contributed by atoms with Crippen molar-refractivity contribution in [2.75, 3.05) is 18.6 Å². The van der Waals surface area contributed by atoms with Crippen LogP contribution in [-0.4, -0.2) is 18.0 Å². The molecule has 0 aliphatic carbocycles.